The second kappa shape index (κ2) is 5.01. The van der Waals surface area contributed by atoms with Gasteiger partial charge in [0.15, 0.2) is 0 Å². The molecule has 88 valence electrons. The monoisotopic (exact) mass is 252 g/mol. The van der Waals surface area contributed by atoms with Crippen molar-refractivity contribution in [2.75, 3.05) is 12.4 Å². The molecule has 2 aromatic rings. The van der Waals surface area contributed by atoms with Crippen molar-refractivity contribution < 1.29 is 9.13 Å². The highest BCUT2D eigenvalue weighted by molar-refractivity contribution is 6.30. The molecule has 0 spiro atoms. The van der Waals surface area contributed by atoms with Crippen molar-refractivity contribution in [3.8, 4) is 11.6 Å². The Kier molecular flexibility index (Phi) is 3.44. The van der Waals surface area contributed by atoms with E-state index in [0.29, 0.717) is 17.4 Å². The third-order valence-electron chi connectivity index (χ3n) is 2.09. The number of anilines is 1. The first-order chi connectivity index (χ1) is 8.19. The number of rotatable bonds is 3. The van der Waals surface area contributed by atoms with Gasteiger partial charge in [-0.3, -0.25) is 0 Å². The van der Waals surface area contributed by atoms with Gasteiger partial charge in [0.1, 0.15) is 17.4 Å². The average molecular weight is 253 g/mol. The molecule has 0 bridgehead atoms. The Morgan fingerprint density at radius 3 is 2.82 bits per heavy atom. The van der Waals surface area contributed by atoms with E-state index < -0.39 is 5.82 Å². The maximum Gasteiger partial charge on any atom is 0.221 e. The van der Waals surface area contributed by atoms with Crippen molar-refractivity contribution in [1.82, 2.24) is 4.98 Å². The summed E-state index contributed by atoms with van der Waals surface area (Å²) in [5.74, 6) is 1.07. The number of halogens is 2. The zero-order chi connectivity index (χ0) is 12.3. The van der Waals surface area contributed by atoms with E-state index in [1.165, 1.54) is 18.2 Å². The summed E-state index contributed by atoms with van der Waals surface area (Å²) in [6.07, 6.45) is 0. The van der Waals surface area contributed by atoms with E-state index in [4.69, 9.17) is 16.3 Å². The van der Waals surface area contributed by atoms with Gasteiger partial charge in [0.05, 0.1) is 5.02 Å². The first-order valence-electron chi connectivity index (χ1n) is 4.97. The number of hydrogen-bond donors (Lipinski definition) is 1. The van der Waals surface area contributed by atoms with E-state index in [1.54, 1.807) is 19.2 Å². The van der Waals surface area contributed by atoms with Gasteiger partial charge in [0.2, 0.25) is 5.88 Å². The van der Waals surface area contributed by atoms with Crippen LogP contribution in [0.4, 0.5) is 10.2 Å². The van der Waals surface area contributed by atoms with Crippen molar-refractivity contribution in [3.05, 3.63) is 47.2 Å². The van der Waals surface area contributed by atoms with Gasteiger partial charge in [0.25, 0.3) is 0 Å². The van der Waals surface area contributed by atoms with Crippen molar-refractivity contribution >= 4 is 17.4 Å². The fourth-order valence-corrected chi connectivity index (χ4v) is 1.44. The molecule has 1 heterocycles. The maximum atomic E-state index is 12.9. The third kappa shape index (κ3) is 2.85. The second-order valence-corrected chi connectivity index (χ2v) is 3.70. The highest BCUT2D eigenvalue weighted by atomic mass is 35.5. The van der Waals surface area contributed by atoms with Gasteiger partial charge >= 0.3 is 0 Å². The topological polar surface area (TPSA) is 34.1 Å². The Morgan fingerprint density at radius 1 is 1.29 bits per heavy atom. The SMILES string of the molecule is CNc1cccc(Oc2ccc(F)c(Cl)c2)n1. The van der Waals surface area contributed by atoms with Crippen LogP contribution in [0.2, 0.25) is 5.02 Å². The van der Waals surface area contributed by atoms with Crippen molar-refractivity contribution in [3.63, 3.8) is 0 Å². The molecule has 0 fully saturated rings. The molecule has 17 heavy (non-hydrogen) atoms. The predicted molar refractivity (Wildman–Crippen MR) is 65.3 cm³/mol. The highest BCUT2D eigenvalue weighted by Gasteiger charge is 2.04. The van der Waals surface area contributed by atoms with Gasteiger partial charge in [-0.25, -0.2) is 4.39 Å². The molecular formula is C12H10ClFN2O. The van der Waals surface area contributed by atoms with E-state index in [9.17, 15) is 4.39 Å². The van der Waals surface area contributed by atoms with E-state index >= 15 is 0 Å². The minimum atomic E-state index is -0.476. The van der Waals surface area contributed by atoms with Crippen molar-refractivity contribution in [2.45, 2.75) is 0 Å². The Morgan fingerprint density at radius 2 is 2.12 bits per heavy atom. The largest absolute Gasteiger partial charge is 0.439 e. The predicted octanol–water partition coefficient (Wildman–Crippen LogP) is 3.71. The van der Waals surface area contributed by atoms with E-state index in [-0.39, 0.29) is 5.02 Å². The lowest BCUT2D eigenvalue weighted by Gasteiger charge is -2.06. The number of aromatic nitrogens is 1. The summed E-state index contributed by atoms with van der Waals surface area (Å²) in [6, 6.07) is 9.47. The molecule has 3 nitrogen and oxygen atoms in total. The molecule has 1 aromatic carbocycles. The molecule has 5 heteroatoms. The van der Waals surface area contributed by atoms with Crippen LogP contribution >= 0.6 is 11.6 Å². The summed E-state index contributed by atoms with van der Waals surface area (Å²) in [4.78, 5) is 4.17. The summed E-state index contributed by atoms with van der Waals surface area (Å²) in [7, 11) is 1.76. The number of nitrogens with one attached hydrogen (secondary N) is 1. The molecule has 0 unspecified atom stereocenters. The van der Waals surface area contributed by atoms with Gasteiger partial charge in [-0.15, -0.1) is 0 Å². The Balaban J connectivity index is 2.22. The summed E-state index contributed by atoms with van der Waals surface area (Å²) in [5, 5.41) is 2.92. The molecule has 0 atom stereocenters. The van der Waals surface area contributed by atoms with Crippen LogP contribution in [0.3, 0.4) is 0 Å². The highest BCUT2D eigenvalue weighted by Crippen LogP contribution is 2.25. The number of nitrogens with zero attached hydrogens (tertiary/aromatic N) is 1. The summed E-state index contributed by atoms with van der Waals surface area (Å²) >= 11 is 5.65. The number of hydrogen-bond acceptors (Lipinski definition) is 3. The van der Waals surface area contributed by atoms with Crippen molar-refractivity contribution in [2.24, 2.45) is 0 Å². The smallest absolute Gasteiger partial charge is 0.221 e. The number of benzene rings is 1. The Labute approximate surface area is 103 Å². The molecule has 0 radical (unpaired) electrons. The lowest BCUT2D eigenvalue weighted by Crippen LogP contribution is -1.94. The summed E-state index contributed by atoms with van der Waals surface area (Å²) in [6.45, 7) is 0. The number of pyridine rings is 1. The van der Waals surface area contributed by atoms with Gasteiger partial charge in [-0.1, -0.05) is 17.7 Å². The summed E-state index contributed by atoms with van der Waals surface area (Å²) < 4.78 is 18.4. The zero-order valence-electron chi connectivity index (χ0n) is 9.08. The minimum Gasteiger partial charge on any atom is -0.439 e. The molecule has 1 aromatic heterocycles. The van der Waals surface area contributed by atoms with Gasteiger partial charge in [0, 0.05) is 19.2 Å². The summed E-state index contributed by atoms with van der Waals surface area (Å²) in [5.41, 5.74) is 0. The van der Waals surface area contributed by atoms with Crippen LogP contribution in [0.15, 0.2) is 36.4 Å². The molecule has 0 amide bonds. The van der Waals surface area contributed by atoms with Crippen LogP contribution in [-0.2, 0) is 0 Å². The Hall–Kier alpha value is -1.81. The molecule has 0 aliphatic carbocycles. The van der Waals surface area contributed by atoms with Crippen LogP contribution in [0.25, 0.3) is 0 Å². The fraction of sp³-hybridized carbons (Fsp3) is 0.0833. The van der Waals surface area contributed by atoms with Gasteiger partial charge in [-0.05, 0) is 18.2 Å². The maximum absolute atomic E-state index is 12.9. The normalized spacial score (nSPS) is 10.1. The molecule has 0 aliphatic heterocycles. The van der Waals surface area contributed by atoms with Gasteiger partial charge < -0.3 is 10.1 Å². The van der Waals surface area contributed by atoms with Gasteiger partial charge in [-0.2, -0.15) is 4.98 Å². The van der Waals surface area contributed by atoms with E-state index in [2.05, 4.69) is 10.3 Å². The molecular weight excluding hydrogens is 243 g/mol. The lowest BCUT2D eigenvalue weighted by atomic mass is 10.3. The lowest BCUT2D eigenvalue weighted by molar-refractivity contribution is 0.462. The third-order valence-corrected chi connectivity index (χ3v) is 2.38. The van der Waals surface area contributed by atoms with Crippen LogP contribution < -0.4 is 10.1 Å². The van der Waals surface area contributed by atoms with Crippen LogP contribution in [0, 0.1) is 5.82 Å². The molecule has 2 rings (SSSR count). The molecule has 0 aliphatic rings. The first-order valence-corrected chi connectivity index (χ1v) is 5.34. The molecule has 1 N–H and O–H groups in total. The Bertz CT molecular complexity index is 534. The number of ether oxygens (including phenoxy) is 1. The van der Waals surface area contributed by atoms with E-state index in [1.807, 2.05) is 6.07 Å². The fourth-order valence-electron chi connectivity index (χ4n) is 1.27. The van der Waals surface area contributed by atoms with E-state index in [0.717, 1.165) is 0 Å². The van der Waals surface area contributed by atoms with Crippen LogP contribution in [-0.4, -0.2) is 12.0 Å². The second-order valence-electron chi connectivity index (χ2n) is 3.29. The average Bonchev–Trinajstić information content (AvgIpc) is 2.34. The standard InChI is InChI=1S/C12H10ClFN2O/c1-15-11-3-2-4-12(16-11)17-8-5-6-10(14)9(13)7-8/h2-7H,1H3,(H,15,16). The minimum absolute atomic E-state index is 0.0206. The van der Waals surface area contributed by atoms with Crippen LogP contribution in [0.1, 0.15) is 0 Å². The molecule has 0 saturated carbocycles. The van der Waals surface area contributed by atoms with Crippen LogP contribution in [0.5, 0.6) is 11.6 Å². The first kappa shape index (κ1) is 11.7. The molecule has 0 saturated heterocycles. The quantitative estimate of drug-likeness (QED) is 0.904. The van der Waals surface area contributed by atoms with Crippen molar-refractivity contribution in [1.29, 1.82) is 0 Å². The zero-order valence-corrected chi connectivity index (χ0v) is 9.83.